The molecule has 0 saturated heterocycles. The lowest BCUT2D eigenvalue weighted by atomic mass is 10.0. The van der Waals surface area contributed by atoms with E-state index in [2.05, 4.69) is 4.98 Å². The molecule has 0 bridgehead atoms. The van der Waals surface area contributed by atoms with Gasteiger partial charge in [-0.2, -0.15) is 0 Å². The van der Waals surface area contributed by atoms with E-state index in [1.807, 2.05) is 39.8 Å². The summed E-state index contributed by atoms with van der Waals surface area (Å²) in [5.41, 5.74) is 1.47. The minimum atomic E-state index is 0.0532. The average Bonchev–Trinajstić information content (AvgIpc) is 2.44. The molecule has 0 fully saturated rings. The van der Waals surface area contributed by atoms with Gasteiger partial charge in [0.2, 0.25) is 0 Å². The number of ether oxygens (including phenoxy) is 2. The Labute approximate surface area is 125 Å². The second-order valence-electron chi connectivity index (χ2n) is 5.68. The Morgan fingerprint density at radius 1 is 1.00 bits per heavy atom. The third-order valence-electron chi connectivity index (χ3n) is 3.50. The molecule has 0 atom stereocenters. The first-order valence-corrected chi connectivity index (χ1v) is 7.09. The topological polar surface area (TPSA) is 58.3 Å². The van der Waals surface area contributed by atoms with Crippen molar-refractivity contribution in [2.24, 2.45) is 0 Å². The van der Waals surface area contributed by atoms with E-state index in [9.17, 15) is 5.21 Å². The predicted molar refractivity (Wildman–Crippen MR) is 82.0 cm³/mol. The van der Waals surface area contributed by atoms with Gasteiger partial charge in [0.25, 0.3) is 0 Å². The zero-order valence-corrected chi connectivity index (χ0v) is 13.4. The highest BCUT2D eigenvalue weighted by molar-refractivity contribution is 5.84. The summed E-state index contributed by atoms with van der Waals surface area (Å²) in [7, 11) is 3.17. The lowest BCUT2D eigenvalue weighted by Crippen LogP contribution is -2.39. The minimum Gasteiger partial charge on any atom is -0.711 e. The summed E-state index contributed by atoms with van der Waals surface area (Å²) in [5, 5.41) is 13.4. The van der Waals surface area contributed by atoms with Crippen molar-refractivity contribution in [1.29, 1.82) is 0 Å². The SMILES string of the molecule is COc1cc2nc(C(C)C)[n+]([O-])c(C(C)C)c2cc1OC. The summed E-state index contributed by atoms with van der Waals surface area (Å²) < 4.78 is 11.6. The van der Waals surface area contributed by atoms with Crippen LogP contribution in [0.25, 0.3) is 10.9 Å². The third-order valence-corrected chi connectivity index (χ3v) is 3.50. The largest absolute Gasteiger partial charge is 0.711 e. The van der Waals surface area contributed by atoms with Crippen LogP contribution in [0.3, 0.4) is 0 Å². The van der Waals surface area contributed by atoms with Gasteiger partial charge in [0.1, 0.15) is 5.69 Å². The van der Waals surface area contributed by atoms with Gasteiger partial charge in [-0.3, -0.25) is 0 Å². The first-order chi connectivity index (χ1) is 9.90. The number of aromatic nitrogens is 2. The molecule has 0 unspecified atom stereocenters. The molecule has 0 saturated carbocycles. The normalized spacial score (nSPS) is 11.4. The maximum Gasteiger partial charge on any atom is 0.304 e. The van der Waals surface area contributed by atoms with Crippen LogP contribution in [0.15, 0.2) is 12.1 Å². The molecule has 0 aliphatic rings. The second-order valence-corrected chi connectivity index (χ2v) is 5.68. The zero-order chi connectivity index (χ0) is 15.7. The van der Waals surface area contributed by atoms with E-state index in [1.165, 1.54) is 0 Å². The Morgan fingerprint density at radius 2 is 1.57 bits per heavy atom. The molecule has 1 aromatic heterocycles. The number of nitrogens with zero attached hydrogens (tertiary/aromatic N) is 2. The monoisotopic (exact) mass is 290 g/mol. The fraction of sp³-hybridized carbons (Fsp3) is 0.500. The first kappa shape index (κ1) is 15.4. The maximum atomic E-state index is 12.6. The van der Waals surface area contributed by atoms with Crippen molar-refractivity contribution in [2.75, 3.05) is 14.2 Å². The smallest absolute Gasteiger partial charge is 0.304 e. The van der Waals surface area contributed by atoms with Crippen molar-refractivity contribution in [3.8, 4) is 11.5 Å². The van der Waals surface area contributed by atoms with Crippen LogP contribution < -0.4 is 14.2 Å². The van der Waals surface area contributed by atoms with E-state index in [0.29, 0.717) is 23.0 Å². The fourth-order valence-corrected chi connectivity index (χ4v) is 2.48. The summed E-state index contributed by atoms with van der Waals surface area (Å²) >= 11 is 0. The molecular weight excluding hydrogens is 268 g/mol. The van der Waals surface area contributed by atoms with Crippen molar-refractivity contribution < 1.29 is 14.2 Å². The van der Waals surface area contributed by atoms with Crippen LogP contribution in [-0.4, -0.2) is 19.2 Å². The van der Waals surface area contributed by atoms with Crippen LogP contribution in [0.1, 0.15) is 51.0 Å². The summed E-state index contributed by atoms with van der Waals surface area (Å²) in [6, 6.07) is 3.65. The van der Waals surface area contributed by atoms with Crippen molar-refractivity contribution >= 4 is 10.9 Å². The van der Waals surface area contributed by atoms with Crippen molar-refractivity contribution in [3.63, 3.8) is 0 Å². The van der Waals surface area contributed by atoms with Gasteiger partial charge >= 0.3 is 5.82 Å². The standard InChI is InChI=1S/C16H22N2O3/c1-9(2)15-11-7-13(20-5)14(21-6)8-12(11)17-16(10(3)4)18(15)19/h7-10H,1-6H3. The molecule has 0 aliphatic heterocycles. The quantitative estimate of drug-likeness (QED) is 0.641. The van der Waals surface area contributed by atoms with Gasteiger partial charge in [-0.05, 0) is 11.1 Å². The molecule has 2 aromatic rings. The number of hydrogen-bond acceptors (Lipinski definition) is 4. The first-order valence-electron chi connectivity index (χ1n) is 7.09. The molecule has 21 heavy (non-hydrogen) atoms. The van der Waals surface area contributed by atoms with E-state index < -0.39 is 0 Å². The van der Waals surface area contributed by atoms with E-state index in [-0.39, 0.29) is 11.8 Å². The Morgan fingerprint density at radius 3 is 2.05 bits per heavy atom. The van der Waals surface area contributed by atoms with Gasteiger partial charge in [-0.1, -0.05) is 27.7 Å². The molecular formula is C16H22N2O3. The fourth-order valence-electron chi connectivity index (χ4n) is 2.48. The Hall–Kier alpha value is -2.04. The highest BCUT2D eigenvalue weighted by Gasteiger charge is 2.24. The van der Waals surface area contributed by atoms with Crippen LogP contribution >= 0.6 is 0 Å². The lowest BCUT2D eigenvalue weighted by Gasteiger charge is -2.18. The third kappa shape index (κ3) is 2.60. The van der Waals surface area contributed by atoms with E-state index >= 15 is 0 Å². The highest BCUT2D eigenvalue weighted by atomic mass is 16.5. The van der Waals surface area contributed by atoms with Gasteiger partial charge in [0.05, 0.1) is 25.5 Å². The maximum absolute atomic E-state index is 12.6. The van der Waals surface area contributed by atoms with Gasteiger partial charge in [0.15, 0.2) is 17.0 Å². The minimum absolute atomic E-state index is 0.0532. The molecule has 5 heteroatoms. The van der Waals surface area contributed by atoms with Crippen LogP contribution in [-0.2, 0) is 0 Å². The number of methoxy groups -OCH3 is 2. The Bertz CT molecular complexity index is 666. The average molecular weight is 290 g/mol. The highest BCUT2D eigenvalue weighted by Crippen LogP contribution is 2.34. The Balaban J connectivity index is 2.89. The van der Waals surface area contributed by atoms with Crippen LogP contribution in [0.2, 0.25) is 0 Å². The Kier molecular flexibility index (Phi) is 4.21. The number of rotatable bonds is 4. The summed E-state index contributed by atoms with van der Waals surface area (Å²) in [6.45, 7) is 7.94. The van der Waals surface area contributed by atoms with Gasteiger partial charge in [-0.25, -0.2) is 4.73 Å². The van der Waals surface area contributed by atoms with E-state index in [0.717, 1.165) is 15.6 Å². The molecule has 2 rings (SSSR count). The summed E-state index contributed by atoms with van der Waals surface area (Å²) in [5.74, 6) is 1.89. The number of benzene rings is 1. The zero-order valence-electron chi connectivity index (χ0n) is 13.4. The number of hydrogen-bond donors (Lipinski definition) is 0. The van der Waals surface area contributed by atoms with Gasteiger partial charge in [0, 0.05) is 12.0 Å². The van der Waals surface area contributed by atoms with Crippen LogP contribution in [0, 0.1) is 5.21 Å². The predicted octanol–water partition coefficient (Wildman–Crippen LogP) is 3.13. The molecule has 0 radical (unpaired) electrons. The second kappa shape index (κ2) is 5.76. The van der Waals surface area contributed by atoms with Crippen molar-refractivity contribution in [2.45, 2.75) is 39.5 Å². The molecule has 5 nitrogen and oxygen atoms in total. The van der Waals surface area contributed by atoms with Gasteiger partial charge in [-0.15, -0.1) is 0 Å². The molecule has 0 aliphatic carbocycles. The van der Waals surface area contributed by atoms with E-state index in [4.69, 9.17) is 9.47 Å². The van der Waals surface area contributed by atoms with Crippen LogP contribution in [0.4, 0.5) is 0 Å². The number of fused-ring (bicyclic) bond motifs is 1. The molecule has 0 amide bonds. The van der Waals surface area contributed by atoms with Gasteiger partial charge < -0.3 is 14.7 Å². The van der Waals surface area contributed by atoms with Crippen molar-refractivity contribution in [1.82, 2.24) is 4.98 Å². The van der Waals surface area contributed by atoms with E-state index in [1.54, 1.807) is 14.2 Å². The molecule has 1 heterocycles. The van der Waals surface area contributed by atoms with Crippen LogP contribution in [0.5, 0.6) is 11.5 Å². The summed E-state index contributed by atoms with van der Waals surface area (Å²) in [6.07, 6.45) is 0. The molecule has 0 N–H and O–H groups in total. The molecule has 0 spiro atoms. The van der Waals surface area contributed by atoms with Crippen molar-refractivity contribution in [3.05, 3.63) is 28.9 Å². The summed E-state index contributed by atoms with van der Waals surface area (Å²) in [4.78, 5) is 4.52. The molecule has 114 valence electrons. The molecule has 1 aromatic carbocycles. The lowest BCUT2D eigenvalue weighted by molar-refractivity contribution is -0.626.